The van der Waals surface area contributed by atoms with Gasteiger partial charge < -0.3 is 66.0 Å². The molecule has 73 heavy (non-hydrogen) atoms. The maximum atomic E-state index is 15.2. The number of esters is 2. The fourth-order valence-corrected chi connectivity index (χ4v) is 8.15. The molecule has 4 bridgehead atoms. The van der Waals surface area contributed by atoms with Gasteiger partial charge in [-0.3, -0.25) is 38.4 Å². The Bertz CT molecular complexity index is 2360. The molecule has 4 heterocycles. The number of aliphatic hydroxyl groups excluding tert-OH is 2. The number of hydrogen-bond donors (Lipinski definition) is 8. The number of fused-ring (bicyclic) bond motifs is 9. The van der Waals surface area contributed by atoms with Crippen LogP contribution >= 0.6 is 0 Å². The van der Waals surface area contributed by atoms with Crippen molar-refractivity contribution in [3.63, 3.8) is 0 Å². The molecular formula is C51H69N7O15. The minimum absolute atomic E-state index is 0.141. The fourth-order valence-electron chi connectivity index (χ4n) is 8.15. The molecule has 0 radical (unpaired) electrons. The molecular weight excluding hydrogens is 951 g/mol. The standard InChI is InChI=1S/C51H69N7O15/c1-10-27(4)39-46(65)57-42-33-16-18-34(19-17-33)73-31(8)51(25-71-51)21-20-37(60)52-23-38(61)70-24-35(50(69)72-30(7)41(48(67)54-39)56-44(63)28(5)43(62)26(2)3)53-47(66)40(29(6)59)55-45(64)36(58(9)49(42)68)22-32-14-12-11-13-15-32/h11-21,26-31,35-36,39-43,59,62H,10,22-25H2,1-9H3,(H,52,60)(H,53,66)(H,54,67)(H,55,64)(H,56,63)(H,57,65)/b21-20-/t27-,28+,29+,30+,31+,35-,36-,39?,40+,41-,42-,43+,51-/m0/s1. The van der Waals surface area contributed by atoms with E-state index in [2.05, 4.69) is 31.9 Å². The first-order chi connectivity index (χ1) is 34.5. The second-order valence-electron chi connectivity index (χ2n) is 19.2. The van der Waals surface area contributed by atoms with Crippen molar-refractivity contribution in [2.75, 3.05) is 26.8 Å². The third kappa shape index (κ3) is 14.8. The van der Waals surface area contributed by atoms with E-state index >= 15 is 4.79 Å². The van der Waals surface area contributed by atoms with Crippen LogP contribution in [0.5, 0.6) is 5.75 Å². The molecule has 13 atom stereocenters. The summed E-state index contributed by atoms with van der Waals surface area (Å²) in [6.45, 7) is 10.8. The first-order valence-electron chi connectivity index (χ1n) is 24.4. The molecule has 398 valence electrons. The number of carbonyl (C=O) groups is 9. The molecule has 0 aliphatic carbocycles. The first kappa shape index (κ1) is 57.0. The van der Waals surface area contributed by atoms with Crippen molar-refractivity contribution in [2.45, 2.75) is 134 Å². The van der Waals surface area contributed by atoms with Gasteiger partial charge in [-0.25, -0.2) is 4.79 Å². The summed E-state index contributed by atoms with van der Waals surface area (Å²) >= 11 is 0. The Kier molecular flexibility index (Phi) is 19.6. The zero-order valence-corrected chi connectivity index (χ0v) is 42.5. The molecule has 0 saturated carbocycles. The van der Waals surface area contributed by atoms with E-state index in [1.54, 1.807) is 65.0 Å². The average molecular weight is 1020 g/mol. The molecule has 6 rings (SSSR count). The van der Waals surface area contributed by atoms with Gasteiger partial charge in [-0.15, -0.1) is 0 Å². The third-order valence-corrected chi connectivity index (χ3v) is 13.4. The molecule has 1 spiro atoms. The number of ether oxygens (including phenoxy) is 4. The highest BCUT2D eigenvalue weighted by Crippen LogP contribution is 2.35. The maximum Gasteiger partial charge on any atom is 0.332 e. The summed E-state index contributed by atoms with van der Waals surface area (Å²) in [5.41, 5.74) is -0.249. The summed E-state index contributed by atoms with van der Waals surface area (Å²) in [5, 5.41) is 37.1. The normalized spacial score (nSPS) is 29.3. The van der Waals surface area contributed by atoms with E-state index in [4.69, 9.17) is 18.9 Å². The van der Waals surface area contributed by atoms with Crippen molar-refractivity contribution in [1.82, 2.24) is 36.8 Å². The lowest BCUT2D eigenvalue weighted by Gasteiger charge is -2.34. The molecule has 2 aromatic carbocycles. The Morgan fingerprint density at radius 3 is 2.05 bits per heavy atom. The molecule has 22 nitrogen and oxygen atoms in total. The van der Waals surface area contributed by atoms with E-state index in [1.165, 1.54) is 58.2 Å². The summed E-state index contributed by atoms with van der Waals surface area (Å²) < 4.78 is 23.0. The predicted octanol–water partition coefficient (Wildman–Crippen LogP) is -0.356. The van der Waals surface area contributed by atoms with Gasteiger partial charge in [0.15, 0.2) is 6.04 Å². The molecule has 1 unspecified atom stereocenters. The summed E-state index contributed by atoms with van der Waals surface area (Å²) in [4.78, 5) is 129. The predicted molar refractivity (Wildman–Crippen MR) is 260 cm³/mol. The van der Waals surface area contributed by atoms with E-state index in [1.807, 2.05) is 0 Å². The zero-order chi connectivity index (χ0) is 53.9. The van der Waals surface area contributed by atoms with Crippen molar-refractivity contribution < 1.29 is 72.3 Å². The van der Waals surface area contributed by atoms with Crippen LogP contribution in [-0.2, 0) is 63.8 Å². The van der Waals surface area contributed by atoms with E-state index in [0.717, 1.165) is 11.0 Å². The van der Waals surface area contributed by atoms with Gasteiger partial charge in [0.2, 0.25) is 41.4 Å². The molecule has 2 aromatic rings. The molecule has 2 saturated heterocycles. The number of aliphatic hydroxyl groups is 2. The number of rotatable bonds is 9. The third-order valence-electron chi connectivity index (χ3n) is 13.4. The summed E-state index contributed by atoms with van der Waals surface area (Å²) in [6.07, 6.45) is -2.39. The number of hydrogen-bond acceptors (Lipinski definition) is 15. The van der Waals surface area contributed by atoms with Crippen LogP contribution in [0.1, 0.15) is 79.0 Å². The van der Waals surface area contributed by atoms with Gasteiger partial charge in [-0.05, 0) is 61.9 Å². The fraction of sp³-hybridized carbons (Fsp3) is 0.549. The quantitative estimate of drug-likeness (QED) is 0.118. The lowest BCUT2D eigenvalue weighted by Crippen LogP contribution is -2.61. The molecule has 0 aromatic heterocycles. The lowest BCUT2D eigenvalue weighted by molar-refractivity contribution is -0.160. The van der Waals surface area contributed by atoms with Gasteiger partial charge in [-0.2, -0.15) is 0 Å². The Labute approximate surface area is 424 Å². The number of cyclic esters (lactones) is 1. The Balaban J connectivity index is 1.72. The largest absolute Gasteiger partial charge is 0.487 e. The Morgan fingerprint density at radius 1 is 0.822 bits per heavy atom. The lowest BCUT2D eigenvalue weighted by atomic mass is 9.93. The summed E-state index contributed by atoms with van der Waals surface area (Å²) in [6, 6.07) is 4.69. The monoisotopic (exact) mass is 1020 g/mol. The van der Waals surface area contributed by atoms with Gasteiger partial charge in [0, 0.05) is 19.5 Å². The highest BCUT2D eigenvalue weighted by Gasteiger charge is 2.49. The molecule has 22 heteroatoms. The van der Waals surface area contributed by atoms with E-state index < -0.39 is 150 Å². The zero-order valence-electron chi connectivity index (χ0n) is 42.5. The van der Waals surface area contributed by atoms with Gasteiger partial charge in [0.25, 0.3) is 0 Å². The molecule has 2 fully saturated rings. The second-order valence-corrected chi connectivity index (χ2v) is 19.2. The SMILES string of the molecule is CC[C@H](C)C1NC(=O)[C@@H](NC(=O)[C@H](C)[C@H](O)C(C)C)[C@@H](C)OC(=O)[C@@H]2COC(=O)CNC(=O)/C=C\[C@]3(CO3)[C@@H](C)Oc3ccc(cc3)[C@H](NC1=O)C(=O)N(C)[C@@H](Cc1ccccc1)C(=O)N[C@H]([C@@H](C)O)C(=O)N2. The minimum Gasteiger partial charge on any atom is -0.487 e. The molecule has 4 aliphatic heterocycles. The molecule has 4 aliphatic rings. The van der Waals surface area contributed by atoms with Gasteiger partial charge in [0.05, 0.1) is 24.7 Å². The summed E-state index contributed by atoms with van der Waals surface area (Å²) in [7, 11) is 1.32. The van der Waals surface area contributed by atoms with Crippen LogP contribution in [0.4, 0.5) is 0 Å². The van der Waals surface area contributed by atoms with Crippen molar-refractivity contribution in [3.05, 3.63) is 77.9 Å². The van der Waals surface area contributed by atoms with Crippen LogP contribution < -0.4 is 36.6 Å². The topological polar surface area (TPSA) is 310 Å². The number of nitrogens with one attached hydrogen (secondary N) is 6. The molecule has 8 N–H and O–H groups in total. The Morgan fingerprint density at radius 2 is 1.45 bits per heavy atom. The number of nitrogens with zero attached hydrogens (tertiary/aromatic N) is 1. The summed E-state index contributed by atoms with van der Waals surface area (Å²) in [5.74, 6) is -10.7. The van der Waals surface area contributed by atoms with Crippen molar-refractivity contribution in [2.24, 2.45) is 17.8 Å². The maximum absolute atomic E-state index is 15.2. The van der Waals surface area contributed by atoms with Crippen LogP contribution in [0, 0.1) is 17.8 Å². The van der Waals surface area contributed by atoms with Crippen LogP contribution in [0.2, 0.25) is 0 Å². The molecule has 7 amide bonds. The van der Waals surface area contributed by atoms with E-state index in [9.17, 15) is 48.6 Å². The van der Waals surface area contributed by atoms with Crippen LogP contribution in [0.15, 0.2) is 66.7 Å². The van der Waals surface area contributed by atoms with E-state index in [-0.39, 0.29) is 18.6 Å². The minimum atomic E-state index is -1.94. The number of epoxide rings is 1. The van der Waals surface area contributed by atoms with Gasteiger partial charge in [-0.1, -0.05) is 83.5 Å². The van der Waals surface area contributed by atoms with Crippen LogP contribution in [0.3, 0.4) is 0 Å². The average Bonchev–Trinajstić information content (AvgIpc) is 4.17. The van der Waals surface area contributed by atoms with Gasteiger partial charge >= 0.3 is 11.9 Å². The first-order valence-corrected chi connectivity index (χ1v) is 24.4. The van der Waals surface area contributed by atoms with E-state index in [0.29, 0.717) is 17.7 Å². The smallest absolute Gasteiger partial charge is 0.332 e. The number of amides is 7. The highest BCUT2D eigenvalue weighted by molar-refractivity contribution is 5.98. The highest BCUT2D eigenvalue weighted by atomic mass is 16.6. The second kappa shape index (κ2) is 25.2. The number of benzene rings is 2. The van der Waals surface area contributed by atoms with Crippen molar-refractivity contribution >= 4 is 53.3 Å². The van der Waals surface area contributed by atoms with Crippen LogP contribution in [-0.4, -0.2) is 155 Å². The van der Waals surface area contributed by atoms with Crippen molar-refractivity contribution in [3.8, 4) is 5.75 Å². The number of likely N-dealkylation sites (N-methyl/N-ethyl adjacent to an activating group) is 1. The Hall–Kier alpha value is -6.91. The van der Waals surface area contributed by atoms with Gasteiger partial charge in [0.1, 0.15) is 66.9 Å². The van der Waals surface area contributed by atoms with Crippen molar-refractivity contribution in [1.29, 1.82) is 0 Å². The van der Waals surface area contributed by atoms with Crippen LogP contribution in [0.25, 0.3) is 0 Å². The number of carbonyl (C=O) groups excluding carboxylic acids is 9.